The Labute approximate surface area is 151 Å². The van der Waals surface area contributed by atoms with Gasteiger partial charge in [-0.15, -0.1) is 11.8 Å². The van der Waals surface area contributed by atoms with Crippen molar-refractivity contribution in [2.24, 2.45) is 0 Å². The van der Waals surface area contributed by atoms with Gasteiger partial charge < -0.3 is 4.74 Å². The zero-order valence-electron chi connectivity index (χ0n) is 13.2. The molecule has 4 nitrogen and oxygen atoms in total. The molecular weight excluding hydrogens is 366 g/mol. The van der Waals surface area contributed by atoms with Crippen LogP contribution in [-0.2, 0) is 10.0 Å². The van der Waals surface area contributed by atoms with Crippen LogP contribution in [0.5, 0.6) is 5.75 Å². The molecule has 0 spiro atoms. The molecule has 0 bridgehead atoms. The highest BCUT2D eigenvalue weighted by molar-refractivity contribution is 8.01. The van der Waals surface area contributed by atoms with E-state index in [2.05, 4.69) is 0 Å². The molecule has 1 heterocycles. The number of ether oxygens (including phenoxy) is 1. The fourth-order valence-electron chi connectivity index (χ4n) is 2.63. The third-order valence-electron chi connectivity index (χ3n) is 3.72. The second kappa shape index (κ2) is 7.35. The molecule has 1 fully saturated rings. The molecular formula is C17H18ClNO3S2. The molecule has 0 saturated carbocycles. The highest BCUT2D eigenvalue weighted by Gasteiger charge is 2.36. The lowest BCUT2D eigenvalue weighted by atomic mass is 10.2. The first-order valence-corrected chi connectivity index (χ1v) is 10.5. The lowest BCUT2D eigenvalue weighted by Gasteiger charge is -2.23. The van der Waals surface area contributed by atoms with Crippen molar-refractivity contribution in [1.29, 1.82) is 0 Å². The Bertz CT molecular complexity index is 809. The second-order valence-corrected chi connectivity index (χ2v) is 8.81. The first kappa shape index (κ1) is 17.6. The summed E-state index contributed by atoms with van der Waals surface area (Å²) < 4.78 is 32.9. The van der Waals surface area contributed by atoms with Crippen molar-refractivity contribution in [1.82, 2.24) is 4.31 Å². The van der Waals surface area contributed by atoms with Crippen molar-refractivity contribution in [3.05, 3.63) is 59.1 Å². The van der Waals surface area contributed by atoms with Gasteiger partial charge in [0.15, 0.2) is 0 Å². The summed E-state index contributed by atoms with van der Waals surface area (Å²) in [5.41, 5.74) is 0.902. The van der Waals surface area contributed by atoms with Gasteiger partial charge in [-0.2, -0.15) is 4.31 Å². The number of thioether (sulfide) groups is 1. The highest BCUT2D eigenvalue weighted by atomic mass is 35.5. The van der Waals surface area contributed by atoms with Gasteiger partial charge in [0, 0.05) is 17.3 Å². The van der Waals surface area contributed by atoms with E-state index in [1.54, 1.807) is 46.4 Å². The summed E-state index contributed by atoms with van der Waals surface area (Å²) in [6, 6.07) is 13.9. The van der Waals surface area contributed by atoms with Crippen LogP contribution in [0, 0.1) is 0 Å². The molecule has 0 amide bonds. The van der Waals surface area contributed by atoms with Gasteiger partial charge >= 0.3 is 0 Å². The van der Waals surface area contributed by atoms with E-state index < -0.39 is 10.0 Å². The molecule has 2 aromatic rings. The van der Waals surface area contributed by atoms with Crippen molar-refractivity contribution in [3.63, 3.8) is 0 Å². The summed E-state index contributed by atoms with van der Waals surface area (Å²) >= 11 is 7.67. The van der Waals surface area contributed by atoms with Gasteiger partial charge in [0.25, 0.3) is 0 Å². The van der Waals surface area contributed by atoms with Gasteiger partial charge in [-0.3, -0.25) is 0 Å². The average molecular weight is 384 g/mol. The Morgan fingerprint density at radius 3 is 2.67 bits per heavy atom. The van der Waals surface area contributed by atoms with Crippen molar-refractivity contribution in [2.75, 3.05) is 18.9 Å². The molecule has 0 aliphatic carbocycles. The number of rotatable bonds is 5. The monoisotopic (exact) mass is 383 g/mol. The lowest BCUT2D eigenvalue weighted by molar-refractivity contribution is 0.340. The molecule has 0 aromatic heterocycles. The van der Waals surface area contributed by atoms with E-state index in [1.165, 1.54) is 0 Å². The number of sulfonamides is 1. The van der Waals surface area contributed by atoms with Gasteiger partial charge in [-0.25, -0.2) is 8.42 Å². The molecule has 1 aliphatic heterocycles. The van der Waals surface area contributed by atoms with Crippen LogP contribution >= 0.6 is 23.4 Å². The van der Waals surface area contributed by atoms with E-state index >= 15 is 0 Å². The van der Waals surface area contributed by atoms with Crippen molar-refractivity contribution < 1.29 is 13.2 Å². The van der Waals surface area contributed by atoms with Crippen molar-refractivity contribution >= 4 is 33.4 Å². The zero-order chi connectivity index (χ0) is 17.2. The minimum absolute atomic E-state index is 0.250. The van der Waals surface area contributed by atoms with Crippen LogP contribution in [0.25, 0.3) is 0 Å². The molecule has 3 rings (SSSR count). The van der Waals surface area contributed by atoms with Crippen LogP contribution in [0.3, 0.4) is 0 Å². The number of hydrogen-bond acceptors (Lipinski definition) is 4. The van der Waals surface area contributed by atoms with E-state index in [0.717, 1.165) is 11.3 Å². The van der Waals surface area contributed by atoms with Crippen LogP contribution in [-0.4, -0.2) is 31.6 Å². The van der Waals surface area contributed by atoms with E-state index in [4.69, 9.17) is 16.3 Å². The van der Waals surface area contributed by atoms with Crippen LogP contribution in [0.1, 0.15) is 17.9 Å². The van der Waals surface area contributed by atoms with Gasteiger partial charge in [0.2, 0.25) is 10.0 Å². The Kier molecular flexibility index (Phi) is 5.39. The number of halogens is 1. The Morgan fingerprint density at radius 1 is 1.25 bits per heavy atom. The van der Waals surface area contributed by atoms with E-state index in [9.17, 15) is 8.42 Å². The van der Waals surface area contributed by atoms with Gasteiger partial charge in [0.05, 0.1) is 16.9 Å². The summed E-state index contributed by atoms with van der Waals surface area (Å²) in [7, 11) is -3.57. The first-order valence-electron chi connectivity index (χ1n) is 7.64. The summed E-state index contributed by atoms with van der Waals surface area (Å²) in [6.45, 7) is 2.92. The molecule has 0 radical (unpaired) electrons. The van der Waals surface area contributed by atoms with Crippen LogP contribution < -0.4 is 4.74 Å². The average Bonchev–Trinajstić information content (AvgIpc) is 3.06. The van der Waals surface area contributed by atoms with E-state index in [-0.39, 0.29) is 10.3 Å². The van der Waals surface area contributed by atoms with Crippen LogP contribution in [0.2, 0.25) is 5.02 Å². The maximum absolute atomic E-state index is 13.0. The topological polar surface area (TPSA) is 46.6 Å². The van der Waals surface area contributed by atoms with Crippen molar-refractivity contribution in [2.45, 2.75) is 17.2 Å². The normalized spacial score (nSPS) is 18.7. The Hall–Kier alpha value is -1.21. The Balaban J connectivity index is 1.90. The third kappa shape index (κ3) is 3.57. The number of nitrogens with zero attached hydrogens (tertiary/aromatic N) is 1. The van der Waals surface area contributed by atoms with Crippen molar-refractivity contribution in [3.8, 4) is 5.75 Å². The zero-order valence-corrected chi connectivity index (χ0v) is 15.6. The predicted molar refractivity (Wildman–Crippen MR) is 98.2 cm³/mol. The highest BCUT2D eigenvalue weighted by Crippen LogP contribution is 2.42. The lowest BCUT2D eigenvalue weighted by Crippen LogP contribution is -2.30. The summed E-state index contributed by atoms with van der Waals surface area (Å²) in [6.07, 6.45) is 0. The third-order valence-corrected chi connectivity index (χ3v) is 7.23. The summed E-state index contributed by atoms with van der Waals surface area (Å²) in [4.78, 5) is 0.278. The Morgan fingerprint density at radius 2 is 2.00 bits per heavy atom. The minimum Gasteiger partial charge on any atom is -0.494 e. The standard InChI is InChI=1S/C17H18ClNO3S2/c1-2-22-15-6-8-16(9-7-15)24(20,21)19-10-11-23-17(19)13-4-3-5-14(18)12-13/h3-9,12,17H,2,10-11H2,1H3/t17-/m0/s1. The van der Waals surface area contributed by atoms with E-state index in [1.807, 2.05) is 25.1 Å². The van der Waals surface area contributed by atoms with Crippen LogP contribution in [0.15, 0.2) is 53.4 Å². The number of hydrogen-bond donors (Lipinski definition) is 0. The first-order chi connectivity index (χ1) is 11.5. The molecule has 1 saturated heterocycles. The predicted octanol–water partition coefficient (Wildman–Crippen LogP) is 4.18. The van der Waals surface area contributed by atoms with Gasteiger partial charge in [-0.05, 0) is 48.9 Å². The fraction of sp³-hybridized carbons (Fsp3) is 0.294. The minimum atomic E-state index is -3.57. The SMILES string of the molecule is CCOc1ccc(S(=O)(=O)N2CCS[C@H]2c2cccc(Cl)c2)cc1. The quantitative estimate of drug-likeness (QED) is 0.777. The van der Waals surface area contributed by atoms with Gasteiger partial charge in [-0.1, -0.05) is 23.7 Å². The maximum atomic E-state index is 13.0. The molecule has 2 aromatic carbocycles. The second-order valence-electron chi connectivity index (χ2n) is 5.30. The summed E-state index contributed by atoms with van der Waals surface area (Å²) in [5, 5.41) is 0.360. The maximum Gasteiger partial charge on any atom is 0.244 e. The molecule has 128 valence electrons. The molecule has 24 heavy (non-hydrogen) atoms. The number of benzene rings is 2. The largest absolute Gasteiger partial charge is 0.494 e. The smallest absolute Gasteiger partial charge is 0.244 e. The molecule has 0 N–H and O–H groups in total. The van der Waals surface area contributed by atoms with E-state index in [0.29, 0.717) is 23.9 Å². The molecule has 1 atom stereocenters. The summed E-state index contributed by atoms with van der Waals surface area (Å²) in [5.74, 6) is 1.42. The fourth-order valence-corrected chi connectivity index (χ4v) is 6.06. The molecule has 0 unspecified atom stereocenters. The molecule has 7 heteroatoms. The van der Waals surface area contributed by atoms with Gasteiger partial charge in [0.1, 0.15) is 5.75 Å². The molecule has 1 aliphatic rings. The van der Waals surface area contributed by atoms with Crippen LogP contribution in [0.4, 0.5) is 0 Å².